The summed E-state index contributed by atoms with van der Waals surface area (Å²) in [7, 11) is 4.07. The SMILES string of the molecule is Cc1cc(C(=O)N2CC[C@H](N(C)C)C2)cn1C=C1C(=O)Nc2cccc(-c3cccc(F)c3)c21. The lowest BCUT2D eigenvalue weighted by Crippen LogP contribution is -2.34. The minimum atomic E-state index is -0.333. The Balaban J connectivity index is 1.50. The van der Waals surface area contributed by atoms with Gasteiger partial charge in [-0.25, -0.2) is 4.39 Å². The van der Waals surface area contributed by atoms with E-state index in [9.17, 15) is 14.0 Å². The average molecular weight is 459 g/mol. The highest BCUT2D eigenvalue weighted by molar-refractivity contribution is 6.35. The normalized spacial score (nSPS) is 18.6. The second-order valence-electron chi connectivity index (χ2n) is 9.17. The van der Waals surface area contributed by atoms with Crippen molar-refractivity contribution in [3.05, 3.63) is 77.4 Å². The van der Waals surface area contributed by atoms with Crippen LogP contribution in [-0.4, -0.2) is 59.4 Å². The standard InChI is InChI=1S/C27H27FN4O2/c1-17-12-19(27(34)31-11-10-21(15-31)30(2)3)14-32(17)16-23-25-22(18-6-4-7-20(28)13-18)8-5-9-24(25)29-26(23)33/h4-9,12-14,16,21H,10-11,15H2,1-3H3,(H,29,33)/t21-/m0/s1. The molecule has 2 amide bonds. The molecule has 6 nitrogen and oxygen atoms in total. The van der Waals surface area contributed by atoms with Gasteiger partial charge in [-0.05, 0) is 62.8 Å². The van der Waals surface area contributed by atoms with Crippen LogP contribution in [0.15, 0.2) is 54.7 Å². The van der Waals surface area contributed by atoms with Crippen LogP contribution in [0.2, 0.25) is 0 Å². The van der Waals surface area contributed by atoms with E-state index in [4.69, 9.17) is 0 Å². The number of amides is 2. The smallest absolute Gasteiger partial charge is 0.257 e. The number of likely N-dealkylation sites (N-methyl/N-ethyl adjacent to an activating group) is 1. The second kappa shape index (κ2) is 8.57. The minimum Gasteiger partial charge on any atom is -0.337 e. The van der Waals surface area contributed by atoms with Crippen LogP contribution in [0.25, 0.3) is 22.9 Å². The maximum atomic E-state index is 13.9. The van der Waals surface area contributed by atoms with Gasteiger partial charge in [0.05, 0.1) is 11.1 Å². The fourth-order valence-corrected chi connectivity index (χ4v) is 4.78. The Morgan fingerprint density at radius 1 is 1.18 bits per heavy atom. The van der Waals surface area contributed by atoms with Crippen molar-refractivity contribution in [3.63, 3.8) is 0 Å². The van der Waals surface area contributed by atoms with Gasteiger partial charge in [0, 0.05) is 48.5 Å². The number of halogens is 1. The summed E-state index contributed by atoms with van der Waals surface area (Å²) < 4.78 is 15.7. The third-order valence-corrected chi connectivity index (χ3v) is 6.71. The number of benzene rings is 2. The number of rotatable bonds is 4. The summed E-state index contributed by atoms with van der Waals surface area (Å²) >= 11 is 0. The van der Waals surface area contributed by atoms with Crippen molar-refractivity contribution >= 4 is 29.3 Å². The summed E-state index contributed by atoms with van der Waals surface area (Å²) in [6.45, 7) is 3.36. The maximum Gasteiger partial charge on any atom is 0.257 e. The first kappa shape index (κ1) is 22.1. The van der Waals surface area contributed by atoms with E-state index in [2.05, 4.69) is 10.2 Å². The van der Waals surface area contributed by atoms with Crippen LogP contribution in [0.5, 0.6) is 0 Å². The van der Waals surface area contributed by atoms with E-state index in [0.29, 0.717) is 35.0 Å². The molecule has 3 aromatic rings. The van der Waals surface area contributed by atoms with Gasteiger partial charge in [0.25, 0.3) is 11.8 Å². The molecule has 5 rings (SSSR count). The van der Waals surface area contributed by atoms with E-state index in [0.717, 1.165) is 29.8 Å². The largest absolute Gasteiger partial charge is 0.337 e. The van der Waals surface area contributed by atoms with Crippen molar-refractivity contribution in [2.45, 2.75) is 19.4 Å². The summed E-state index contributed by atoms with van der Waals surface area (Å²) in [5.41, 5.74) is 4.81. The van der Waals surface area contributed by atoms with Crippen LogP contribution in [0, 0.1) is 12.7 Å². The number of nitrogens with one attached hydrogen (secondary N) is 1. The summed E-state index contributed by atoms with van der Waals surface area (Å²) in [6.07, 6.45) is 4.49. The fraction of sp³-hybridized carbons (Fsp3) is 0.259. The second-order valence-corrected chi connectivity index (χ2v) is 9.17. The quantitative estimate of drug-likeness (QED) is 0.592. The van der Waals surface area contributed by atoms with Gasteiger partial charge in [0.15, 0.2) is 0 Å². The monoisotopic (exact) mass is 458 g/mol. The molecule has 0 saturated carbocycles. The van der Waals surface area contributed by atoms with Gasteiger partial charge in [-0.15, -0.1) is 0 Å². The molecule has 2 aromatic carbocycles. The van der Waals surface area contributed by atoms with E-state index < -0.39 is 0 Å². The summed E-state index contributed by atoms with van der Waals surface area (Å²) in [6, 6.07) is 14.1. The van der Waals surface area contributed by atoms with E-state index >= 15 is 0 Å². The fourth-order valence-electron chi connectivity index (χ4n) is 4.78. The number of likely N-dealkylation sites (tertiary alicyclic amines) is 1. The molecule has 1 N–H and O–H groups in total. The third-order valence-electron chi connectivity index (χ3n) is 6.71. The molecule has 1 atom stereocenters. The Hall–Kier alpha value is -3.71. The molecule has 3 heterocycles. The lowest BCUT2D eigenvalue weighted by Gasteiger charge is -2.20. The highest BCUT2D eigenvalue weighted by atomic mass is 19.1. The zero-order chi connectivity index (χ0) is 24.0. The number of fused-ring (bicyclic) bond motifs is 1. The van der Waals surface area contributed by atoms with Crippen molar-refractivity contribution in [1.29, 1.82) is 0 Å². The lowest BCUT2D eigenvalue weighted by atomic mass is 9.95. The van der Waals surface area contributed by atoms with Crippen LogP contribution in [0.4, 0.5) is 10.1 Å². The van der Waals surface area contributed by atoms with Gasteiger partial charge >= 0.3 is 0 Å². The molecule has 174 valence electrons. The summed E-state index contributed by atoms with van der Waals surface area (Å²) in [4.78, 5) is 30.0. The first-order chi connectivity index (χ1) is 16.3. The van der Waals surface area contributed by atoms with Crippen molar-refractivity contribution in [3.8, 4) is 11.1 Å². The molecule has 0 spiro atoms. The van der Waals surface area contributed by atoms with E-state index in [-0.39, 0.29) is 17.6 Å². The number of carbonyl (C=O) groups excluding carboxylic acids is 2. The Bertz CT molecular complexity index is 1320. The molecule has 2 aliphatic rings. The Kier molecular flexibility index (Phi) is 5.57. The molecule has 0 radical (unpaired) electrons. The maximum absolute atomic E-state index is 13.9. The van der Waals surface area contributed by atoms with Gasteiger partial charge in [-0.1, -0.05) is 24.3 Å². The first-order valence-corrected chi connectivity index (χ1v) is 11.4. The highest BCUT2D eigenvalue weighted by Gasteiger charge is 2.30. The van der Waals surface area contributed by atoms with Crippen LogP contribution in [-0.2, 0) is 4.79 Å². The molecule has 1 fully saturated rings. The number of hydrogen-bond acceptors (Lipinski definition) is 3. The summed E-state index contributed by atoms with van der Waals surface area (Å²) in [5.74, 6) is -0.560. The van der Waals surface area contributed by atoms with Gasteiger partial charge < -0.3 is 19.7 Å². The molecular weight excluding hydrogens is 431 g/mol. The molecule has 1 saturated heterocycles. The predicted octanol–water partition coefficient (Wildman–Crippen LogP) is 4.33. The first-order valence-electron chi connectivity index (χ1n) is 11.4. The molecule has 1 aromatic heterocycles. The number of aryl methyl sites for hydroxylation is 1. The topological polar surface area (TPSA) is 57.6 Å². The van der Waals surface area contributed by atoms with Crippen molar-refractivity contribution in [1.82, 2.24) is 14.4 Å². The predicted molar refractivity (Wildman–Crippen MR) is 132 cm³/mol. The van der Waals surface area contributed by atoms with Crippen molar-refractivity contribution in [2.75, 3.05) is 32.5 Å². The minimum absolute atomic E-state index is 0.00123. The molecule has 0 unspecified atom stereocenters. The molecule has 34 heavy (non-hydrogen) atoms. The Morgan fingerprint density at radius 2 is 1.97 bits per heavy atom. The number of carbonyl (C=O) groups is 2. The summed E-state index contributed by atoms with van der Waals surface area (Å²) in [5, 5.41) is 2.91. The number of hydrogen-bond donors (Lipinski definition) is 1. The van der Waals surface area contributed by atoms with Gasteiger partial charge in [-0.3, -0.25) is 9.59 Å². The molecule has 7 heteroatoms. The average Bonchev–Trinajstić information content (AvgIpc) is 3.51. The molecule has 0 bridgehead atoms. The zero-order valence-corrected chi connectivity index (χ0v) is 19.5. The molecule has 0 aliphatic carbocycles. The van der Waals surface area contributed by atoms with E-state index in [1.807, 2.05) is 60.8 Å². The van der Waals surface area contributed by atoms with Crippen molar-refractivity contribution < 1.29 is 14.0 Å². The Labute approximate surface area is 198 Å². The van der Waals surface area contributed by atoms with Crippen LogP contribution in [0.1, 0.15) is 28.0 Å². The third kappa shape index (κ3) is 3.92. The molecule has 2 aliphatic heterocycles. The van der Waals surface area contributed by atoms with Crippen LogP contribution >= 0.6 is 0 Å². The number of anilines is 1. The van der Waals surface area contributed by atoms with Crippen LogP contribution < -0.4 is 5.32 Å². The van der Waals surface area contributed by atoms with Crippen molar-refractivity contribution in [2.24, 2.45) is 0 Å². The van der Waals surface area contributed by atoms with Gasteiger partial charge in [0.2, 0.25) is 0 Å². The zero-order valence-electron chi connectivity index (χ0n) is 19.5. The highest BCUT2D eigenvalue weighted by Crippen LogP contribution is 2.40. The van der Waals surface area contributed by atoms with E-state index in [1.165, 1.54) is 12.1 Å². The number of aromatic nitrogens is 1. The lowest BCUT2D eigenvalue weighted by molar-refractivity contribution is -0.110. The van der Waals surface area contributed by atoms with E-state index in [1.54, 1.807) is 18.5 Å². The van der Waals surface area contributed by atoms with Crippen LogP contribution in [0.3, 0.4) is 0 Å². The van der Waals surface area contributed by atoms with Gasteiger partial charge in [0.1, 0.15) is 5.82 Å². The van der Waals surface area contributed by atoms with Gasteiger partial charge in [-0.2, -0.15) is 0 Å². The molecular formula is C27H27FN4O2. The number of nitrogens with zero attached hydrogens (tertiary/aromatic N) is 3. The Morgan fingerprint density at radius 3 is 2.71 bits per heavy atom.